The molecule has 0 saturated carbocycles. The highest BCUT2D eigenvalue weighted by Crippen LogP contribution is 2.26. The summed E-state index contributed by atoms with van der Waals surface area (Å²) in [4.78, 5) is 0. The van der Waals surface area contributed by atoms with Gasteiger partial charge in [0.1, 0.15) is 5.75 Å². The van der Waals surface area contributed by atoms with Crippen molar-refractivity contribution in [3.8, 4) is 5.75 Å². The van der Waals surface area contributed by atoms with Gasteiger partial charge >= 0.3 is 0 Å². The molecule has 0 unspecified atom stereocenters. The second-order valence-corrected chi connectivity index (χ2v) is 4.55. The normalized spacial score (nSPS) is 11.4. The molecule has 1 rings (SSSR count). The van der Waals surface area contributed by atoms with E-state index in [0.29, 0.717) is 5.41 Å². The first kappa shape index (κ1) is 10.1. The number of hydrogen-bond acceptors (Lipinski definition) is 1. The van der Waals surface area contributed by atoms with Crippen LogP contribution < -0.4 is 4.74 Å². The quantitative estimate of drug-likeness (QED) is 0.675. The van der Waals surface area contributed by atoms with Gasteiger partial charge in [0.15, 0.2) is 0 Å². The number of hydrogen-bond donors (Lipinski definition) is 0. The lowest BCUT2D eigenvalue weighted by atomic mass is 9.88. The molecular formula is C12H18O. The predicted octanol–water partition coefficient (Wildman–Crippen LogP) is 3.28. The second-order valence-electron chi connectivity index (χ2n) is 4.55. The van der Waals surface area contributed by atoms with E-state index >= 15 is 0 Å². The molecule has 0 aliphatic carbocycles. The van der Waals surface area contributed by atoms with Gasteiger partial charge in [-0.15, -0.1) is 0 Å². The molecule has 0 bridgehead atoms. The second kappa shape index (κ2) is 3.82. The molecule has 0 atom stereocenters. The minimum Gasteiger partial charge on any atom is -0.496 e. The van der Waals surface area contributed by atoms with Crippen molar-refractivity contribution in [2.75, 3.05) is 7.11 Å². The fraction of sp³-hybridized carbons (Fsp3) is 0.500. The fourth-order valence-corrected chi connectivity index (χ4v) is 1.42. The highest BCUT2D eigenvalue weighted by atomic mass is 16.5. The first-order valence-corrected chi connectivity index (χ1v) is 4.65. The predicted molar refractivity (Wildman–Crippen MR) is 56.2 cm³/mol. The van der Waals surface area contributed by atoms with Gasteiger partial charge in [-0.05, 0) is 23.5 Å². The number of rotatable bonds is 2. The third-order valence-electron chi connectivity index (χ3n) is 1.91. The van der Waals surface area contributed by atoms with Crippen molar-refractivity contribution in [2.24, 2.45) is 5.41 Å². The Balaban J connectivity index is 2.87. The standard InChI is InChI=1S/C12H18O/c1-12(2,3)9-10-7-5-6-8-11(10)13-4/h5-8H,9H2,1-4H3. The summed E-state index contributed by atoms with van der Waals surface area (Å²) in [6, 6.07) is 8.21. The van der Waals surface area contributed by atoms with Crippen LogP contribution in [0.15, 0.2) is 24.3 Å². The zero-order valence-electron chi connectivity index (χ0n) is 8.92. The Morgan fingerprint density at radius 1 is 1.15 bits per heavy atom. The van der Waals surface area contributed by atoms with E-state index < -0.39 is 0 Å². The molecule has 0 aliphatic rings. The molecular weight excluding hydrogens is 160 g/mol. The highest BCUT2D eigenvalue weighted by molar-refractivity contribution is 5.33. The molecule has 0 amide bonds. The molecule has 1 aromatic rings. The van der Waals surface area contributed by atoms with Crippen molar-refractivity contribution in [1.82, 2.24) is 0 Å². The zero-order valence-corrected chi connectivity index (χ0v) is 8.92. The number of para-hydroxylation sites is 1. The van der Waals surface area contributed by atoms with Crippen molar-refractivity contribution in [1.29, 1.82) is 0 Å². The van der Waals surface area contributed by atoms with E-state index in [1.165, 1.54) is 5.56 Å². The summed E-state index contributed by atoms with van der Waals surface area (Å²) >= 11 is 0. The van der Waals surface area contributed by atoms with Crippen LogP contribution in [-0.4, -0.2) is 7.11 Å². The van der Waals surface area contributed by atoms with Crippen LogP contribution in [0.5, 0.6) is 5.75 Å². The van der Waals surface area contributed by atoms with Crippen LogP contribution in [0.4, 0.5) is 0 Å². The maximum absolute atomic E-state index is 5.29. The molecule has 0 spiro atoms. The van der Waals surface area contributed by atoms with E-state index in [9.17, 15) is 0 Å². The SMILES string of the molecule is COc1ccccc1CC(C)(C)C. The number of ether oxygens (including phenoxy) is 1. The Morgan fingerprint density at radius 2 is 1.77 bits per heavy atom. The van der Waals surface area contributed by atoms with Gasteiger partial charge in [-0.25, -0.2) is 0 Å². The third kappa shape index (κ3) is 3.10. The molecule has 1 aromatic carbocycles. The molecule has 0 N–H and O–H groups in total. The first-order chi connectivity index (χ1) is 6.03. The molecule has 0 radical (unpaired) electrons. The summed E-state index contributed by atoms with van der Waals surface area (Å²) in [6.45, 7) is 6.71. The molecule has 0 saturated heterocycles. The minimum atomic E-state index is 0.314. The van der Waals surface area contributed by atoms with Crippen molar-refractivity contribution in [3.63, 3.8) is 0 Å². The molecule has 13 heavy (non-hydrogen) atoms. The first-order valence-electron chi connectivity index (χ1n) is 4.65. The Bertz CT molecular complexity index is 271. The number of methoxy groups -OCH3 is 1. The van der Waals surface area contributed by atoms with Crippen LogP contribution in [0, 0.1) is 5.41 Å². The molecule has 0 heterocycles. The largest absolute Gasteiger partial charge is 0.496 e. The molecule has 0 aromatic heterocycles. The van der Waals surface area contributed by atoms with Gasteiger partial charge in [0.25, 0.3) is 0 Å². The Morgan fingerprint density at radius 3 is 2.31 bits per heavy atom. The average Bonchev–Trinajstić information content (AvgIpc) is 2.02. The van der Waals surface area contributed by atoms with Crippen molar-refractivity contribution in [3.05, 3.63) is 29.8 Å². The Hall–Kier alpha value is -0.980. The third-order valence-corrected chi connectivity index (χ3v) is 1.91. The maximum atomic E-state index is 5.29. The molecule has 0 aliphatic heterocycles. The molecule has 0 fully saturated rings. The van der Waals surface area contributed by atoms with E-state index in [1.807, 2.05) is 12.1 Å². The number of benzene rings is 1. The lowest BCUT2D eigenvalue weighted by Crippen LogP contribution is -2.09. The Kier molecular flexibility index (Phi) is 2.97. The summed E-state index contributed by atoms with van der Waals surface area (Å²) in [7, 11) is 1.72. The lowest BCUT2D eigenvalue weighted by Gasteiger charge is -2.19. The van der Waals surface area contributed by atoms with Gasteiger partial charge in [0.05, 0.1) is 7.11 Å². The smallest absolute Gasteiger partial charge is 0.122 e. The summed E-state index contributed by atoms with van der Waals surface area (Å²) in [5.74, 6) is 0.998. The molecule has 1 nitrogen and oxygen atoms in total. The van der Waals surface area contributed by atoms with Crippen LogP contribution in [0.25, 0.3) is 0 Å². The van der Waals surface area contributed by atoms with Gasteiger partial charge in [-0.1, -0.05) is 39.0 Å². The van der Waals surface area contributed by atoms with Gasteiger partial charge in [-0.2, -0.15) is 0 Å². The van der Waals surface area contributed by atoms with Crippen molar-refractivity contribution < 1.29 is 4.74 Å². The summed E-state index contributed by atoms with van der Waals surface area (Å²) in [6.07, 6.45) is 1.05. The molecule has 1 heteroatoms. The van der Waals surface area contributed by atoms with Crippen molar-refractivity contribution >= 4 is 0 Å². The summed E-state index contributed by atoms with van der Waals surface area (Å²) < 4.78 is 5.29. The maximum Gasteiger partial charge on any atom is 0.122 e. The van der Waals surface area contributed by atoms with Gasteiger partial charge in [0.2, 0.25) is 0 Å². The molecule has 72 valence electrons. The van der Waals surface area contributed by atoms with Gasteiger partial charge in [-0.3, -0.25) is 0 Å². The van der Waals surface area contributed by atoms with E-state index in [0.717, 1.165) is 12.2 Å². The van der Waals surface area contributed by atoms with E-state index in [4.69, 9.17) is 4.74 Å². The summed E-state index contributed by atoms with van der Waals surface area (Å²) in [5.41, 5.74) is 1.60. The topological polar surface area (TPSA) is 9.23 Å². The highest BCUT2D eigenvalue weighted by Gasteiger charge is 2.13. The summed E-state index contributed by atoms with van der Waals surface area (Å²) in [5, 5.41) is 0. The lowest BCUT2D eigenvalue weighted by molar-refractivity contribution is 0.379. The van der Waals surface area contributed by atoms with E-state index in [2.05, 4.69) is 32.9 Å². The monoisotopic (exact) mass is 178 g/mol. The zero-order chi connectivity index (χ0) is 9.90. The van der Waals surface area contributed by atoms with Gasteiger partial charge < -0.3 is 4.74 Å². The van der Waals surface area contributed by atoms with E-state index in [1.54, 1.807) is 7.11 Å². The van der Waals surface area contributed by atoms with Crippen LogP contribution in [0.1, 0.15) is 26.3 Å². The van der Waals surface area contributed by atoms with Crippen LogP contribution in [0.3, 0.4) is 0 Å². The van der Waals surface area contributed by atoms with Crippen LogP contribution in [0.2, 0.25) is 0 Å². The minimum absolute atomic E-state index is 0.314. The Labute approximate surface area is 80.7 Å². The van der Waals surface area contributed by atoms with Crippen LogP contribution >= 0.6 is 0 Å². The van der Waals surface area contributed by atoms with Crippen LogP contribution in [-0.2, 0) is 6.42 Å². The van der Waals surface area contributed by atoms with Gasteiger partial charge in [0, 0.05) is 0 Å². The van der Waals surface area contributed by atoms with Crippen molar-refractivity contribution in [2.45, 2.75) is 27.2 Å². The van der Waals surface area contributed by atoms with E-state index in [-0.39, 0.29) is 0 Å². The fourth-order valence-electron chi connectivity index (χ4n) is 1.42. The average molecular weight is 178 g/mol.